The van der Waals surface area contributed by atoms with Crippen LogP contribution in [0.2, 0.25) is 0 Å². The van der Waals surface area contributed by atoms with E-state index in [4.69, 9.17) is 0 Å². The van der Waals surface area contributed by atoms with Gasteiger partial charge in [-0.25, -0.2) is 0 Å². The first-order valence-corrected chi connectivity index (χ1v) is 9.09. The highest BCUT2D eigenvalue weighted by Gasteiger charge is 2.27. The van der Waals surface area contributed by atoms with Gasteiger partial charge in [0.25, 0.3) is 0 Å². The second-order valence-electron chi connectivity index (χ2n) is 4.60. The number of hydrogen-bond acceptors (Lipinski definition) is 3. The van der Waals surface area contributed by atoms with E-state index >= 15 is 0 Å². The summed E-state index contributed by atoms with van der Waals surface area (Å²) in [6, 6.07) is 10.5. The van der Waals surface area contributed by atoms with E-state index in [1.807, 2.05) is 29.6 Å². The van der Waals surface area contributed by atoms with Gasteiger partial charge in [-0.2, -0.15) is 11.8 Å². The van der Waals surface area contributed by atoms with Crippen LogP contribution in [0.15, 0.2) is 30.3 Å². The summed E-state index contributed by atoms with van der Waals surface area (Å²) in [6.45, 7) is 6.09. The molecule has 0 fully saturated rings. The van der Waals surface area contributed by atoms with Crippen LogP contribution in [-0.2, 0) is 4.79 Å². The summed E-state index contributed by atoms with van der Waals surface area (Å²) in [7, 11) is 0. The highest BCUT2D eigenvalue weighted by molar-refractivity contribution is 8.04. The second kappa shape index (κ2) is 9.49. The van der Waals surface area contributed by atoms with Crippen molar-refractivity contribution in [3.05, 3.63) is 35.9 Å². The number of Topliss-reactive ketones (excluding diaryl/α,β-unsaturated/α-hetero) is 1. The summed E-state index contributed by atoms with van der Waals surface area (Å²) >= 11 is 3.73. The molecule has 1 aromatic rings. The van der Waals surface area contributed by atoms with Gasteiger partial charge in [0.1, 0.15) is 5.78 Å². The number of benzene rings is 1. The Bertz CT molecular complexity index is 364. The number of carbonyl (C=O) groups excluding carboxylic acids is 1. The lowest BCUT2D eigenvalue weighted by molar-refractivity contribution is -0.116. The Morgan fingerprint density at radius 3 is 2.16 bits per heavy atom. The van der Waals surface area contributed by atoms with E-state index in [1.54, 1.807) is 6.92 Å². The predicted molar refractivity (Wildman–Crippen MR) is 89.2 cm³/mol. The molecular weight excluding hydrogens is 272 g/mol. The van der Waals surface area contributed by atoms with Crippen molar-refractivity contribution in [1.29, 1.82) is 0 Å². The summed E-state index contributed by atoms with van der Waals surface area (Å²) < 4.78 is 0. The molecule has 2 unspecified atom stereocenters. The maximum Gasteiger partial charge on any atom is 0.144 e. The van der Waals surface area contributed by atoms with Crippen molar-refractivity contribution >= 4 is 29.3 Å². The van der Waals surface area contributed by atoms with E-state index in [0.717, 1.165) is 24.3 Å². The average molecular weight is 297 g/mol. The Labute approximate surface area is 125 Å². The Kier molecular flexibility index (Phi) is 8.31. The third-order valence-electron chi connectivity index (χ3n) is 2.81. The molecular formula is C16H24OS2. The number of carbonyl (C=O) groups is 1. The molecule has 1 aromatic carbocycles. The van der Waals surface area contributed by atoms with Crippen LogP contribution in [0.5, 0.6) is 0 Å². The molecule has 2 atom stereocenters. The second-order valence-corrected chi connectivity index (χ2v) is 7.10. The molecule has 106 valence electrons. The van der Waals surface area contributed by atoms with Crippen LogP contribution in [-0.4, -0.2) is 22.5 Å². The highest BCUT2D eigenvalue weighted by atomic mass is 32.2. The zero-order valence-corrected chi connectivity index (χ0v) is 13.7. The first kappa shape index (κ1) is 16.6. The van der Waals surface area contributed by atoms with Gasteiger partial charge in [-0.1, -0.05) is 44.2 Å². The molecule has 1 rings (SSSR count). The quantitative estimate of drug-likeness (QED) is 0.640. The van der Waals surface area contributed by atoms with Crippen molar-refractivity contribution in [2.45, 2.75) is 44.1 Å². The summed E-state index contributed by atoms with van der Waals surface area (Å²) in [5.41, 5.74) is 1.28. The van der Waals surface area contributed by atoms with Crippen molar-refractivity contribution in [3.63, 3.8) is 0 Å². The van der Waals surface area contributed by atoms with Gasteiger partial charge in [0.05, 0.1) is 5.25 Å². The minimum absolute atomic E-state index is 0.0823. The topological polar surface area (TPSA) is 17.1 Å². The Morgan fingerprint density at radius 2 is 1.63 bits per heavy atom. The predicted octanol–water partition coefficient (Wildman–Crippen LogP) is 4.97. The van der Waals surface area contributed by atoms with Crippen LogP contribution in [0.4, 0.5) is 0 Å². The minimum Gasteiger partial charge on any atom is -0.299 e. The van der Waals surface area contributed by atoms with E-state index in [2.05, 4.69) is 38.1 Å². The molecule has 0 aromatic heterocycles. The Balaban J connectivity index is 2.89. The lowest BCUT2D eigenvalue weighted by atomic mass is 10.1. The largest absolute Gasteiger partial charge is 0.299 e. The summed E-state index contributed by atoms with van der Waals surface area (Å²) in [5.74, 6) is 2.46. The van der Waals surface area contributed by atoms with E-state index in [9.17, 15) is 4.79 Å². The molecule has 3 heteroatoms. The van der Waals surface area contributed by atoms with Gasteiger partial charge in [0.15, 0.2) is 0 Å². The Morgan fingerprint density at radius 1 is 1.05 bits per heavy atom. The van der Waals surface area contributed by atoms with Gasteiger partial charge in [-0.15, -0.1) is 11.8 Å². The molecule has 0 aliphatic rings. The van der Waals surface area contributed by atoms with Crippen LogP contribution in [0.25, 0.3) is 0 Å². The zero-order chi connectivity index (χ0) is 14.1. The monoisotopic (exact) mass is 296 g/mol. The van der Waals surface area contributed by atoms with Crippen LogP contribution >= 0.6 is 23.5 Å². The van der Waals surface area contributed by atoms with Crippen LogP contribution in [0, 0.1) is 0 Å². The van der Waals surface area contributed by atoms with E-state index < -0.39 is 0 Å². The van der Waals surface area contributed by atoms with Gasteiger partial charge in [-0.05, 0) is 36.8 Å². The van der Waals surface area contributed by atoms with Gasteiger partial charge >= 0.3 is 0 Å². The highest BCUT2D eigenvalue weighted by Crippen LogP contribution is 2.39. The molecule has 0 heterocycles. The molecule has 0 bridgehead atoms. The summed E-state index contributed by atoms with van der Waals surface area (Å²) in [6.07, 6.45) is 2.27. The lowest BCUT2D eigenvalue weighted by Crippen LogP contribution is -2.22. The summed E-state index contributed by atoms with van der Waals surface area (Å²) in [4.78, 5) is 12.0. The Hall–Kier alpha value is -0.410. The van der Waals surface area contributed by atoms with E-state index in [1.165, 1.54) is 5.56 Å². The lowest BCUT2D eigenvalue weighted by Gasteiger charge is -2.25. The van der Waals surface area contributed by atoms with Crippen LogP contribution in [0.1, 0.15) is 44.4 Å². The van der Waals surface area contributed by atoms with Crippen molar-refractivity contribution in [3.8, 4) is 0 Å². The molecule has 0 saturated heterocycles. The standard InChI is InChI=1S/C16H24OS2/c1-4-11-18-15(13(3)17)16(19-12-5-2)14-9-7-6-8-10-14/h6-10,15-16H,4-5,11-12H2,1-3H3. The third-order valence-corrected chi connectivity index (χ3v) is 6.13. The van der Waals surface area contributed by atoms with Gasteiger partial charge in [0.2, 0.25) is 0 Å². The number of hydrogen-bond donors (Lipinski definition) is 0. The normalized spacial score (nSPS) is 14.1. The van der Waals surface area contributed by atoms with Crippen LogP contribution < -0.4 is 0 Å². The first-order valence-electron chi connectivity index (χ1n) is 6.99. The van der Waals surface area contributed by atoms with Crippen molar-refractivity contribution in [2.24, 2.45) is 0 Å². The average Bonchev–Trinajstić information content (AvgIpc) is 2.43. The molecule has 0 amide bonds. The smallest absolute Gasteiger partial charge is 0.144 e. The minimum atomic E-state index is 0.0823. The fraction of sp³-hybridized carbons (Fsp3) is 0.562. The van der Waals surface area contributed by atoms with E-state index in [-0.39, 0.29) is 10.5 Å². The van der Waals surface area contributed by atoms with Gasteiger partial charge in [0, 0.05) is 5.25 Å². The zero-order valence-electron chi connectivity index (χ0n) is 12.1. The third kappa shape index (κ3) is 5.62. The molecule has 1 nitrogen and oxygen atoms in total. The van der Waals surface area contributed by atoms with Crippen molar-refractivity contribution < 1.29 is 4.79 Å². The molecule has 19 heavy (non-hydrogen) atoms. The van der Waals surface area contributed by atoms with Gasteiger partial charge < -0.3 is 0 Å². The summed E-state index contributed by atoms with van der Waals surface area (Å²) in [5, 5.41) is 0.370. The fourth-order valence-corrected chi connectivity index (χ4v) is 4.64. The SMILES string of the molecule is CCCSC(C(C)=O)C(SCCC)c1ccccc1. The molecule has 0 saturated carbocycles. The maximum atomic E-state index is 12.0. The molecule has 0 aliphatic heterocycles. The number of rotatable bonds is 9. The molecule has 0 spiro atoms. The first-order chi connectivity index (χ1) is 9.20. The molecule has 0 N–H and O–H groups in total. The van der Waals surface area contributed by atoms with Crippen molar-refractivity contribution in [2.75, 3.05) is 11.5 Å². The van der Waals surface area contributed by atoms with Gasteiger partial charge in [-0.3, -0.25) is 4.79 Å². The maximum absolute atomic E-state index is 12.0. The van der Waals surface area contributed by atoms with Crippen LogP contribution in [0.3, 0.4) is 0 Å². The number of thioether (sulfide) groups is 2. The van der Waals surface area contributed by atoms with Crippen molar-refractivity contribution in [1.82, 2.24) is 0 Å². The number of ketones is 1. The molecule has 0 radical (unpaired) electrons. The van der Waals surface area contributed by atoms with E-state index in [0.29, 0.717) is 5.78 Å². The molecule has 0 aliphatic carbocycles. The fourth-order valence-electron chi connectivity index (χ4n) is 1.91.